The number of sulfonamides is 2. The summed E-state index contributed by atoms with van der Waals surface area (Å²) in [7, 11) is -5.61. The number of methoxy groups -OCH3 is 1. The predicted molar refractivity (Wildman–Crippen MR) is 72.8 cm³/mol. The first-order valence-electron chi connectivity index (χ1n) is 5.32. The van der Waals surface area contributed by atoms with Crippen LogP contribution in [0.1, 0.15) is 11.3 Å². The van der Waals surface area contributed by atoms with Gasteiger partial charge in [0, 0.05) is 25.1 Å². The van der Waals surface area contributed by atoms with Crippen LogP contribution in [-0.2, 0) is 31.3 Å². The summed E-state index contributed by atoms with van der Waals surface area (Å²) in [6.45, 7) is 0.422. The highest BCUT2D eigenvalue weighted by atomic mass is 32.2. The number of ether oxygens (including phenoxy) is 1. The van der Waals surface area contributed by atoms with Crippen molar-refractivity contribution in [2.75, 3.05) is 19.5 Å². The van der Waals surface area contributed by atoms with Crippen LogP contribution in [0.5, 0.6) is 0 Å². The molecule has 0 fully saturated rings. The van der Waals surface area contributed by atoms with Crippen molar-refractivity contribution in [3.63, 3.8) is 0 Å². The van der Waals surface area contributed by atoms with E-state index in [1.54, 1.807) is 0 Å². The first-order chi connectivity index (χ1) is 8.74. The predicted octanol–water partition coefficient (Wildman–Crippen LogP) is -0.149. The van der Waals surface area contributed by atoms with E-state index in [0.717, 1.165) is 11.3 Å². The molecule has 0 radical (unpaired) electrons. The molecule has 0 saturated heterocycles. The molecule has 0 aliphatic rings. The van der Waals surface area contributed by atoms with Crippen LogP contribution in [0, 0.1) is 0 Å². The second kappa shape index (κ2) is 6.77. The molecule has 1 heterocycles. The van der Waals surface area contributed by atoms with E-state index in [0.29, 0.717) is 17.9 Å². The zero-order chi connectivity index (χ0) is 14.5. The molecule has 0 aromatic carbocycles. The zero-order valence-electron chi connectivity index (χ0n) is 10.3. The Morgan fingerprint density at radius 3 is 2.53 bits per heavy atom. The molecule has 0 aliphatic carbocycles. The maximum atomic E-state index is 11.6. The highest BCUT2D eigenvalue weighted by Crippen LogP contribution is 2.20. The normalized spacial score (nSPS) is 12.7. The van der Waals surface area contributed by atoms with Crippen LogP contribution in [-0.4, -0.2) is 36.3 Å². The van der Waals surface area contributed by atoms with Crippen LogP contribution in [0.4, 0.5) is 0 Å². The molecule has 0 bridgehead atoms. The monoisotopic (exact) mass is 328 g/mol. The standard InChI is InChI=1S/C9H16N2O5S3/c1-16-5-2-6-18(12,13)11-7-8-3-4-9(17-8)19(10,14)15/h3-4,11H,2,5-7H2,1H3,(H2,10,14,15). The lowest BCUT2D eigenvalue weighted by molar-refractivity contribution is 0.199. The van der Waals surface area contributed by atoms with Crippen molar-refractivity contribution in [2.24, 2.45) is 5.14 Å². The van der Waals surface area contributed by atoms with Gasteiger partial charge in [-0.3, -0.25) is 0 Å². The Bertz CT molecular complexity index is 606. The molecule has 0 spiro atoms. The first kappa shape index (κ1) is 16.5. The van der Waals surface area contributed by atoms with Crippen molar-refractivity contribution in [1.29, 1.82) is 0 Å². The maximum Gasteiger partial charge on any atom is 0.247 e. The lowest BCUT2D eigenvalue weighted by atomic mass is 10.5. The summed E-state index contributed by atoms with van der Waals surface area (Å²) in [6.07, 6.45) is 0.401. The van der Waals surface area contributed by atoms with E-state index in [1.165, 1.54) is 19.2 Å². The molecule has 1 aromatic heterocycles. The number of nitrogens with one attached hydrogen (secondary N) is 1. The van der Waals surface area contributed by atoms with E-state index in [2.05, 4.69) is 4.72 Å². The van der Waals surface area contributed by atoms with Crippen LogP contribution in [0.15, 0.2) is 16.3 Å². The minimum atomic E-state index is -3.73. The van der Waals surface area contributed by atoms with Crippen LogP contribution >= 0.6 is 11.3 Å². The Morgan fingerprint density at radius 1 is 1.32 bits per heavy atom. The number of nitrogens with two attached hydrogens (primary N) is 1. The molecular formula is C9H16N2O5S3. The first-order valence-corrected chi connectivity index (χ1v) is 9.34. The van der Waals surface area contributed by atoms with Gasteiger partial charge in [0.15, 0.2) is 0 Å². The summed E-state index contributed by atoms with van der Waals surface area (Å²) < 4.78 is 52.4. The molecular weight excluding hydrogens is 312 g/mol. The molecule has 0 saturated carbocycles. The third-order valence-electron chi connectivity index (χ3n) is 2.15. The van der Waals surface area contributed by atoms with E-state index in [-0.39, 0.29) is 16.5 Å². The van der Waals surface area contributed by atoms with Gasteiger partial charge in [-0.05, 0) is 18.6 Å². The maximum absolute atomic E-state index is 11.6. The average molecular weight is 328 g/mol. The highest BCUT2D eigenvalue weighted by Gasteiger charge is 2.13. The van der Waals surface area contributed by atoms with E-state index in [4.69, 9.17) is 9.88 Å². The van der Waals surface area contributed by atoms with E-state index < -0.39 is 20.0 Å². The van der Waals surface area contributed by atoms with Gasteiger partial charge >= 0.3 is 0 Å². The smallest absolute Gasteiger partial charge is 0.247 e. The van der Waals surface area contributed by atoms with E-state index in [1.807, 2.05) is 0 Å². The van der Waals surface area contributed by atoms with Crippen molar-refractivity contribution in [3.8, 4) is 0 Å². The van der Waals surface area contributed by atoms with Gasteiger partial charge in [-0.1, -0.05) is 0 Å². The SMILES string of the molecule is COCCCS(=O)(=O)NCc1ccc(S(N)(=O)=O)s1. The molecule has 0 amide bonds. The van der Waals surface area contributed by atoms with Crippen molar-refractivity contribution >= 4 is 31.4 Å². The molecule has 10 heteroatoms. The summed E-state index contributed by atoms with van der Waals surface area (Å²) in [4.78, 5) is 0.583. The Morgan fingerprint density at radius 2 is 2.00 bits per heavy atom. The third kappa shape index (κ3) is 5.97. The fraction of sp³-hybridized carbons (Fsp3) is 0.556. The van der Waals surface area contributed by atoms with Crippen LogP contribution < -0.4 is 9.86 Å². The van der Waals surface area contributed by atoms with Crippen LogP contribution in [0.2, 0.25) is 0 Å². The highest BCUT2D eigenvalue weighted by molar-refractivity contribution is 7.91. The van der Waals surface area contributed by atoms with Gasteiger partial charge in [0.05, 0.1) is 5.75 Å². The molecule has 7 nitrogen and oxygen atoms in total. The topological polar surface area (TPSA) is 116 Å². The lowest BCUT2D eigenvalue weighted by Crippen LogP contribution is -2.26. The Balaban J connectivity index is 2.55. The zero-order valence-corrected chi connectivity index (χ0v) is 12.8. The fourth-order valence-electron chi connectivity index (χ4n) is 1.25. The molecule has 1 rings (SSSR count). The van der Waals surface area contributed by atoms with E-state index in [9.17, 15) is 16.8 Å². The summed E-state index contributed by atoms with van der Waals surface area (Å²) in [5, 5.41) is 4.96. The van der Waals surface area contributed by atoms with Crippen LogP contribution in [0.3, 0.4) is 0 Å². The quantitative estimate of drug-likeness (QED) is 0.644. The Labute approximate surface area is 116 Å². The third-order valence-corrected chi connectivity index (χ3v) is 6.08. The number of thiophene rings is 1. The molecule has 110 valence electrons. The Hall–Kier alpha value is -0.520. The second-order valence-electron chi connectivity index (χ2n) is 3.75. The minimum Gasteiger partial charge on any atom is -0.385 e. The van der Waals surface area contributed by atoms with Gasteiger partial charge in [0.1, 0.15) is 4.21 Å². The molecule has 0 atom stereocenters. The van der Waals surface area contributed by atoms with Gasteiger partial charge < -0.3 is 4.74 Å². The van der Waals surface area contributed by atoms with E-state index >= 15 is 0 Å². The Kier molecular flexibility index (Phi) is 5.89. The van der Waals surface area contributed by atoms with Gasteiger partial charge in [0.25, 0.3) is 0 Å². The number of primary sulfonamides is 1. The largest absolute Gasteiger partial charge is 0.385 e. The van der Waals surface area contributed by atoms with Crippen LogP contribution in [0.25, 0.3) is 0 Å². The van der Waals surface area contributed by atoms with Crippen molar-refractivity contribution in [1.82, 2.24) is 4.72 Å². The molecule has 1 aromatic rings. The van der Waals surface area contributed by atoms with Crippen molar-refractivity contribution < 1.29 is 21.6 Å². The van der Waals surface area contributed by atoms with Crippen molar-refractivity contribution in [2.45, 2.75) is 17.2 Å². The molecule has 3 N–H and O–H groups in total. The van der Waals surface area contributed by atoms with Gasteiger partial charge in [0.2, 0.25) is 20.0 Å². The summed E-state index contributed by atoms with van der Waals surface area (Å²) >= 11 is 0.944. The number of hydrogen-bond acceptors (Lipinski definition) is 6. The summed E-state index contributed by atoms with van der Waals surface area (Å²) in [6, 6.07) is 2.89. The van der Waals surface area contributed by atoms with Crippen molar-refractivity contribution in [3.05, 3.63) is 17.0 Å². The fourth-order valence-corrected chi connectivity index (χ4v) is 4.08. The number of hydrogen-bond donors (Lipinski definition) is 2. The second-order valence-corrected chi connectivity index (χ2v) is 8.64. The van der Waals surface area contributed by atoms with Gasteiger partial charge in [-0.25, -0.2) is 26.7 Å². The minimum absolute atomic E-state index is 0.0149. The lowest BCUT2D eigenvalue weighted by Gasteiger charge is -2.04. The van der Waals surface area contributed by atoms with Gasteiger partial charge in [-0.2, -0.15) is 0 Å². The number of rotatable bonds is 8. The molecule has 19 heavy (non-hydrogen) atoms. The van der Waals surface area contributed by atoms with Gasteiger partial charge in [-0.15, -0.1) is 11.3 Å². The summed E-state index contributed by atoms with van der Waals surface area (Å²) in [5.41, 5.74) is 0. The summed E-state index contributed by atoms with van der Waals surface area (Å²) in [5.74, 6) is -0.0335. The average Bonchev–Trinajstić information content (AvgIpc) is 2.75. The molecule has 0 aliphatic heterocycles. The molecule has 0 unspecified atom stereocenters.